The van der Waals surface area contributed by atoms with Crippen LogP contribution in [-0.4, -0.2) is 35.4 Å². The Morgan fingerprint density at radius 2 is 1.95 bits per heavy atom. The predicted molar refractivity (Wildman–Crippen MR) is 90.5 cm³/mol. The molecular weight excluding hydrogens is 282 g/mol. The Balaban J connectivity index is 1.77. The Bertz CT molecular complexity index is 495. The third-order valence-electron chi connectivity index (χ3n) is 4.09. The van der Waals surface area contributed by atoms with Gasteiger partial charge < -0.3 is 16.0 Å². The summed E-state index contributed by atoms with van der Waals surface area (Å²) in [6.45, 7) is 0.807. The average molecular weight is 305 g/mol. The molecule has 0 bridgehead atoms. The van der Waals surface area contributed by atoms with Crippen molar-refractivity contribution in [3.8, 4) is 0 Å². The number of nitrogens with two attached hydrogens (primary N) is 1. The zero-order valence-electron chi connectivity index (χ0n) is 12.5. The molecule has 0 radical (unpaired) electrons. The van der Waals surface area contributed by atoms with Crippen molar-refractivity contribution in [2.75, 3.05) is 18.9 Å². The van der Waals surface area contributed by atoms with Crippen molar-refractivity contribution in [2.45, 2.75) is 38.1 Å². The molecule has 0 atom stereocenters. The van der Waals surface area contributed by atoms with Gasteiger partial charge >= 0.3 is 0 Å². The van der Waals surface area contributed by atoms with E-state index in [2.05, 4.69) is 17.3 Å². The number of nitrogens with zero attached hydrogens (tertiary/aromatic N) is 1. The van der Waals surface area contributed by atoms with Crippen LogP contribution >= 0.6 is 12.2 Å². The van der Waals surface area contributed by atoms with Gasteiger partial charge in [0.15, 0.2) is 0 Å². The summed E-state index contributed by atoms with van der Waals surface area (Å²) in [6.07, 6.45) is 5.67. The maximum Gasteiger partial charge on any atom is 0.225 e. The van der Waals surface area contributed by atoms with Gasteiger partial charge in [-0.2, -0.15) is 0 Å². The molecule has 1 aliphatic carbocycles. The maximum atomic E-state index is 12.0. The molecule has 2 rings (SSSR count). The number of anilines is 1. The zero-order chi connectivity index (χ0) is 15.2. The van der Waals surface area contributed by atoms with E-state index in [9.17, 15) is 4.79 Å². The third kappa shape index (κ3) is 4.79. The van der Waals surface area contributed by atoms with Crippen LogP contribution in [0.2, 0.25) is 0 Å². The van der Waals surface area contributed by atoms with Crippen LogP contribution in [0.5, 0.6) is 0 Å². The van der Waals surface area contributed by atoms with Gasteiger partial charge in [0.25, 0.3) is 0 Å². The van der Waals surface area contributed by atoms with E-state index in [1.165, 1.54) is 25.7 Å². The van der Waals surface area contributed by atoms with Crippen molar-refractivity contribution in [3.63, 3.8) is 0 Å². The van der Waals surface area contributed by atoms with Crippen LogP contribution in [0.15, 0.2) is 24.3 Å². The molecule has 1 aromatic carbocycles. The van der Waals surface area contributed by atoms with Crippen LogP contribution in [-0.2, 0) is 4.79 Å². The van der Waals surface area contributed by atoms with Gasteiger partial charge in [-0.25, -0.2) is 0 Å². The Hall–Kier alpha value is -1.46. The second kappa shape index (κ2) is 7.52. The molecule has 0 unspecified atom stereocenters. The summed E-state index contributed by atoms with van der Waals surface area (Å²) < 4.78 is 0. The molecule has 4 nitrogen and oxygen atoms in total. The quantitative estimate of drug-likeness (QED) is 0.793. The fraction of sp³-hybridized carbons (Fsp3) is 0.500. The topological polar surface area (TPSA) is 58.4 Å². The van der Waals surface area contributed by atoms with Gasteiger partial charge in [-0.3, -0.25) is 4.79 Å². The van der Waals surface area contributed by atoms with Crippen molar-refractivity contribution in [1.29, 1.82) is 0 Å². The second-order valence-corrected chi connectivity index (χ2v) is 6.10. The highest BCUT2D eigenvalue weighted by molar-refractivity contribution is 7.80. The third-order valence-corrected chi connectivity index (χ3v) is 4.33. The minimum Gasteiger partial charge on any atom is -0.389 e. The summed E-state index contributed by atoms with van der Waals surface area (Å²) in [6, 6.07) is 7.95. The number of rotatable bonds is 6. The summed E-state index contributed by atoms with van der Waals surface area (Å²) in [5.74, 6) is 0.0444. The summed E-state index contributed by atoms with van der Waals surface area (Å²) >= 11 is 4.90. The van der Waals surface area contributed by atoms with Crippen LogP contribution in [0.1, 0.15) is 37.7 Å². The fourth-order valence-corrected chi connectivity index (χ4v) is 2.88. The number of benzene rings is 1. The van der Waals surface area contributed by atoms with Crippen LogP contribution in [0.3, 0.4) is 0 Å². The second-order valence-electron chi connectivity index (χ2n) is 5.66. The van der Waals surface area contributed by atoms with Crippen LogP contribution in [0.4, 0.5) is 5.69 Å². The molecule has 114 valence electrons. The molecule has 1 fully saturated rings. The zero-order valence-corrected chi connectivity index (χ0v) is 13.3. The van der Waals surface area contributed by atoms with Crippen molar-refractivity contribution in [2.24, 2.45) is 5.73 Å². The molecule has 1 saturated carbocycles. The predicted octanol–water partition coefficient (Wildman–Crippen LogP) is 2.52. The van der Waals surface area contributed by atoms with E-state index in [4.69, 9.17) is 18.0 Å². The SMILES string of the molecule is CN(CCC(=O)Nc1ccc(C(N)=S)cc1)C1CCCC1. The van der Waals surface area contributed by atoms with Gasteiger partial charge in [-0.05, 0) is 44.2 Å². The van der Waals surface area contributed by atoms with Crippen LogP contribution in [0.25, 0.3) is 0 Å². The lowest BCUT2D eigenvalue weighted by Gasteiger charge is -2.23. The summed E-state index contributed by atoms with van der Waals surface area (Å²) in [4.78, 5) is 14.6. The Kier molecular flexibility index (Phi) is 5.70. The van der Waals surface area contributed by atoms with Crippen molar-refractivity contribution in [3.05, 3.63) is 29.8 Å². The monoisotopic (exact) mass is 305 g/mol. The first-order valence-corrected chi connectivity index (χ1v) is 7.87. The van der Waals surface area contributed by atoms with Crippen LogP contribution < -0.4 is 11.1 Å². The molecule has 0 aromatic heterocycles. The van der Waals surface area contributed by atoms with Crippen molar-refractivity contribution in [1.82, 2.24) is 4.90 Å². The molecule has 5 heteroatoms. The first-order valence-electron chi connectivity index (χ1n) is 7.46. The Morgan fingerprint density at radius 1 is 1.33 bits per heavy atom. The number of thiocarbonyl (C=S) groups is 1. The largest absolute Gasteiger partial charge is 0.389 e. The highest BCUT2D eigenvalue weighted by atomic mass is 32.1. The van der Waals surface area contributed by atoms with Gasteiger partial charge in [0.1, 0.15) is 4.99 Å². The number of nitrogens with one attached hydrogen (secondary N) is 1. The molecular formula is C16H23N3OS. The van der Waals surface area contributed by atoms with E-state index in [0.29, 0.717) is 17.5 Å². The van der Waals surface area contributed by atoms with Gasteiger partial charge in [0, 0.05) is 30.3 Å². The molecule has 21 heavy (non-hydrogen) atoms. The van der Waals surface area contributed by atoms with Crippen molar-refractivity contribution < 1.29 is 4.79 Å². The number of hydrogen-bond acceptors (Lipinski definition) is 3. The molecule has 3 N–H and O–H groups in total. The average Bonchev–Trinajstić information content (AvgIpc) is 2.99. The lowest BCUT2D eigenvalue weighted by atomic mass is 10.2. The lowest BCUT2D eigenvalue weighted by Crippen LogP contribution is -2.32. The van der Waals surface area contributed by atoms with Gasteiger partial charge in [0.2, 0.25) is 5.91 Å². The van der Waals surface area contributed by atoms with E-state index in [1.807, 2.05) is 24.3 Å². The van der Waals surface area contributed by atoms with E-state index in [1.54, 1.807) is 0 Å². The standard InChI is InChI=1S/C16H23N3OS/c1-19(14-4-2-3-5-14)11-10-15(20)18-13-8-6-12(7-9-13)16(17)21/h6-9,14H,2-5,10-11H2,1H3,(H2,17,21)(H,18,20). The van der Waals surface area contributed by atoms with E-state index < -0.39 is 0 Å². The lowest BCUT2D eigenvalue weighted by molar-refractivity contribution is -0.116. The van der Waals surface area contributed by atoms with Crippen molar-refractivity contribution >= 4 is 28.8 Å². The molecule has 0 heterocycles. The molecule has 0 spiro atoms. The van der Waals surface area contributed by atoms with E-state index >= 15 is 0 Å². The first-order chi connectivity index (χ1) is 10.1. The Morgan fingerprint density at radius 3 is 2.52 bits per heavy atom. The van der Waals surface area contributed by atoms with E-state index in [-0.39, 0.29) is 5.91 Å². The summed E-state index contributed by atoms with van der Waals surface area (Å²) in [5.41, 5.74) is 7.13. The Labute approximate surface area is 131 Å². The van der Waals surface area contributed by atoms with Crippen LogP contribution in [0, 0.1) is 0 Å². The normalized spacial score (nSPS) is 15.3. The highest BCUT2D eigenvalue weighted by Gasteiger charge is 2.19. The van der Waals surface area contributed by atoms with E-state index in [0.717, 1.165) is 17.8 Å². The molecule has 1 aliphatic rings. The number of carbonyl (C=O) groups is 1. The van der Waals surface area contributed by atoms with Gasteiger partial charge in [-0.1, -0.05) is 25.1 Å². The van der Waals surface area contributed by atoms with Gasteiger partial charge in [0.05, 0.1) is 0 Å². The minimum atomic E-state index is 0.0444. The summed E-state index contributed by atoms with van der Waals surface area (Å²) in [5, 5.41) is 2.90. The molecule has 0 aliphatic heterocycles. The highest BCUT2D eigenvalue weighted by Crippen LogP contribution is 2.22. The van der Waals surface area contributed by atoms with Gasteiger partial charge in [-0.15, -0.1) is 0 Å². The number of amides is 1. The smallest absolute Gasteiger partial charge is 0.225 e. The molecule has 0 saturated heterocycles. The minimum absolute atomic E-state index is 0.0444. The number of carbonyl (C=O) groups excluding carboxylic acids is 1. The fourth-order valence-electron chi connectivity index (χ4n) is 2.75. The molecule has 1 aromatic rings. The number of hydrogen-bond donors (Lipinski definition) is 2. The first kappa shape index (κ1) is 15.9. The molecule has 1 amide bonds. The maximum absolute atomic E-state index is 12.0. The summed E-state index contributed by atoms with van der Waals surface area (Å²) in [7, 11) is 2.11.